The molecule has 3 rings (SSSR count). The summed E-state index contributed by atoms with van der Waals surface area (Å²) in [6.07, 6.45) is 5.18. The largest absolute Gasteiger partial charge is 0.244 e. The predicted octanol–water partition coefficient (Wildman–Crippen LogP) is 1.93. The third-order valence-electron chi connectivity index (χ3n) is 4.08. The Morgan fingerprint density at radius 2 is 1.96 bits per heavy atom. The summed E-state index contributed by atoms with van der Waals surface area (Å²) in [6, 6.07) is 2.41. The van der Waals surface area contributed by atoms with Gasteiger partial charge in [-0.05, 0) is 41.5 Å². The van der Waals surface area contributed by atoms with Crippen LogP contribution in [-0.4, -0.2) is 28.6 Å². The standard InChI is InChI=1S/C14H17F2N5O2S/c15-10-6-7-12(16)13(8-10)24(22,23)17-9-14-18-19-20-21(14)11-4-2-1-3-5-11/h6-8,11,17H,1-5,9H2. The third kappa shape index (κ3) is 3.59. The quantitative estimate of drug-likeness (QED) is 0.883. The summed E-state index contributed by atoms with van der Waals surface area (Å²) < 4.78 is 55.1. The Bertz CT molecular complexity index is 818. The van der Waals surface area contributed by atoms with Crippen molar-refractivity contribution >= 4 is 10.0 Å². The topological polar surface area (TPSA) is 89.8 Å². The molecule has 1 fully saturated rings. The molecule has 24 heavy (non-hydrogen) atoms. The van der Waals surface area contributed by atoms with E-state index in [2.05, 4.69) is 20.2 Å². The molecule has 10 heteroatoms. The molecule has 7 nitrogen and oxygen atoms in total. The lowest BCUT2D eigenvalue weighted by Gasteiger charge is -2.22. The molecule has 1 aliphatic carbocycles. The fraction of sp³-hybridized carbons (Fsp3) is 0.500. The van der Waals surface area contributed by atoms with E-state index >= 15 is 0 Å². The molecule has 0 spiro atoms. The van der Waals surface area contributed by atoms with Crippen molar-refractivity contribution < 1.29 is 17.2 Å². The smallest absolute Gasteiger partial charge is 0.225 e. The van der Waals surface area contributed by atoms with Gasteiger partial charge in [0.25, 0.3) is 0 Å². The number of hydrogen-bond donors (Lipinski definition) is 1. The van der Waals surface area contributed by atoms with Crippen molar-refractivity contribution in [2.24, 2.45) is 0 Å². The Labute approximate surface area is 138 Å². The number of hydrogen-bond acceptors (Lipinski definition) is 5. The molecule has 1 aromatic carbocycles. The maximum absolute atomic E-state index is 13.7. The third-order valence-corrected chi connectivity index (χ3v) is 5.50. The molecule has 1 saturated carbocycles. The van der Waals surface area contributed by atoms with E-state index in [0.717, 1.165) is 37.8 Å². The molecule has 0 unspecified atom stereocenters. The molecule has 130 valence electrons. The second-order valence-corrected chi connectivity index (χ2v) is 7.47. The molecule has 0 radical (unpaired) electrons. The summed E-state index contributed by atoms with van der Waals surface area (Å²) in [5, 5.41) is 11.4. The monoisotopic (exact) mass is 357 g/mol. The van der Waals surface area contributed by atoms with Gasteiger partial charge in [-0.2, -0.15) is 0 Å². The highest BCUT2D eigenvalue weighted by atomic mass is 32.2. The highest BCUT2D eigenvalue weighted by Crippen LogP contribution is 2.27. The average Bonchev–Trinajstić information content (AvgIpc) is 3.04. The lowest BCUT2D eigenvalue weighted by molar-refractivity contribution is 0.316. The molecule has 0 atom stereocenters. The fourth-order valence-electron chi connectivity index (χ4n) is 2.86. The number of halogens is 2. The zero-order valence-corrected chi connectivity index (χ0v) is 13.6. The average molecular weight is 357 g/mol. The minimum Gasteiger partial charge on any atom is -0.225 e. The zero-order chi connectivity index (χ0) is 17.2. The van der Waals surface area contributed by atoms with Gasteiger partial charge in [0.2, 0.25) is 10.0 Å². The number of rotatable bonds is 5. The van der Waals surface area contributed by atoms with Crippen molar-refractivity contribution in [2.45, 2.75) is 49.6 Å². The second-order valence-electron chi connectivity index (χ2n) is 5.73. The van der Waals surface area contributed by atoms with Gasteiger partial charge < -0.3 is 0 Å². The molecule has 0 aliphatic heterocycles. The van der Waals surface area contributed by atoms with Crippen LogP contribution in [0.3, 0.4) is 0 Å². The molecule has 0 bridgehead atoms. The molecular formula is C14H17F2N5O2S. The van der Waals surface area contributed by atoms with Crippen LogP contribution in [0.2, 0.25) is 0 Å². The number of aromatic nitrogens is 4. The SMILES string of the molecule is O=S(=O)(NCc1nnnn1C1CCCCC1)c1cc(F)ccc1F. The first-order valence-corrected chi connectivity index (χ1v) is 9.17. The second kappa shape index (κ2) is 6.89. The minimum absolute atomic E-state index is 0.138. The Kier molecular flexibility index (Phi) is 4.86. The summed E-state index contributed by atoms with van der Waals surface area (Å²) >= 11 is 0. The van der Waals surface area contributed by atoms with Crippen LogP contribution in [0.1, 0.15) is 44.0 Å². The molecule has 0 saturated heterocycles. The maximum atomic E-state index is 13.7. The van der Waals surface area contributed by atoms with Gasteiger partial charge >= 0.3 is 0 Å². The number of nitrogens with zero attached hydrogens (tertiary/aromatic N) is 4. The van der Waals surface area contributed by atoms with Crippen LogP contribution in [0.5, 0.6) is 0 Å². The molecule has 1 aromatic heterocycles. The van der Waals surface area contributed by atoms with Crippen LogP contribution in [0.4, 0.5) is 8.78 Å². The summed E-state index contributed by atoms with van der Waals surface area (Å²) in [7, 11) is -4.21. The summed E-state index contributed by atoms with van der Waals surface area (Å²) in [4.78, 5) is -0.737. The number of sulfonamides is 1. The Morgan fingerprint density at radius 1 is 1.21 bits per heavy atom. The van der Waals surface area contributed by atoms with Gasteiger partial charge in [0, 0.05) is 0 Å². The van der Waals surface area contributed by atoms with Gasteiger partial charge in [0.1, 0.15) is 16.5 Å². The van der Waals surface area contributed by atoms with Gasteiger partial charge in [-0.15, -0.1) is 5.10 Å². The van der Waals surface area contributed by atoms with Crippen LogP contribution in [0, 0.1) is 11.6 Å². The predicted molar refractivity (Wildman–Crippen MR) is 80.3 cm³/mol. The number of tetrazole rings is 1. The number of nitrogens with one attached hydrogen (secondary N) is 1. The first-order chi connectivity index (χ1) is 11.5. The van der Waals surface area contributed by atoms with E-state index in [1.165, 1.54) is 6.42 Å². The van der Waals surface area contributed by atoms with E-state index in [4.69, 9.17) is 0 Å². The Balaban J connectivity index is 1.76. The van der Waals surface area contributed by atoms with Crippen LogP contribution in [0.15, 0.2) is 23.1 Å². The highest BCUT2D eigenvalue weighted by molar-refractivity contribution is 7.89. The molecule has 0 amide bonds. The lowest BCUT2D eigenvalue weighted by atomic mass is 9.96. The van der Waals surface area contributed by atoms with Crippen LogP contribution in [-0.2, 0) is 16.6 Å². The molecular weight excluding hydrogens is 340 g/mol. The maximum Gasteiger partial charge on any atom is 0.244 e. The minimum atomic E-state index is -4.21. The van der Waals surface area contributed by atoms with E-state index in [1.54, 1.807) is 4.68 Å². The van der Waals surface area contributed by atoms with Crippen molar-refractivity contribution in [3.8, 4) is 0 Å². The highest BCUT2D eigenvalue weighted by Gasteiger charge is 2.23. The van der Waals surface area contributed by atoms with E-state index in [1.807, 2.05) is 0 Å². The normalized spacial score (nSPS) is 16.4. The summed E-state index contributed by atoms with van der Waals surface area (Å²) in [5.74, 6) is -1.50. The summed E-state index contributed by atoms with van der Waals surface area (Å²) in [6.45, 7) is -0.193. The van der Waals surface area contributed by atoms with Crippen LogP contribution < -0.4 is 4.72 Å². The van der Waals surface area contributed by atoms with Crippen LogP contribution in [0.25, 0.3) is 0 Å². The van der Waals surface area contributed by atoms with Crippen molar-refractivity contribution in [1.29, 1.82) is 0 Å². The zero-order valence-electron chi connectivity index (χ0n) is 12.8. The summed E-state index contributed by atoms with van der Waals surface area (Å²) in [5.41, 5.74) is 0. The first-order valence-electron chi connectivity index (χ1n) is 7.69. The molecule has 2 aromatic rings. The van der Waals surface area contributed by atoms with E-state index in [9.17, 15) is 17.2 Å². The first kappa shape index (κ1) is 16.9. The Hall–Kier alpha value is -1.94. The van der Waals surface area contributed by atoms with E-state index in [0.29, 0.717) is 11.9 Å². The molecule has 1 N–H and O–H groups in total. The van der Waals surface area contributed by atoms with E-state index < -0.39 is 26.6 Å². The van der Waals surface area contributed by atoms with Gasteiger partial charge in [-0.25, -0.2) is 26.6 Å². The lowest BCUT2D eigenvalue weighted by Crippen LogP contribution is -2.27. The van der Waals surface area contributed by atoms with Gasteiger partial charge in [-0.3, -0.25) is 0 Å². The van der Waals surface area contributed by atoms with Crippen molar-refractivity contribution in [2.75, 3.05) is 0 Å². The van der Waals surface area contributed by atoms with Gasteiger partial charge in [-0.1, -0.05) is 19.3 Å². The Morgan fingerprint density at radius 3 is 2.71 bits per heavy atom. The van der Waals surface area contributed by atoms with Gasteiger partial charge in [0.05, 0.1) is 12.6 Å². The van der Waals surface area contributed by atoms with Crippen molar-refractivity contribution in [3.05, 3.63) is 35.7 Å². The van der Waals surface area contributed by atoms with Crippen LogP contribution >= 0.6 is 0 Å². The van der Waals surface area contributed by atoms with Crippen molar-refractivity contribution in [3.63, 3.8) is 0 Å². The molecule has 1 heterocycles. The fourth-order valence-corrected chi connectivity index (χ4v) is 3.93. The van der Waals surface area contributed by atoms with E-state index in [-0.39, 0.29) is 12.6 Å². The molecule has 1 aliphatic rings. The van der Waals surface area contributed by atoms with Gasteiger partial charge in [0.15, 0.2) is 5.82 Å². The van der Waals surface area contributed by atoms with Crippen molar-refractivity contribution in [1.82, 2.24) is 24.9 Å². The number of benzene rings is 1.